The molecule has 0 saturated carbocycles. The van der Waals surface area contributed by atoms with Gasteiger partial charge in [0, 0.05) is 19.7 Å². The maximum Gasteiger partial charge on any atom is 0.0713 e. The summed E-state index contributed by atoms with van der Waals surface area (Å²) in [4.78, 5) is 2.49. The van der Waals surface area contributed by atoms with Crippen molar-refractivity contribution in [2.45, 2.75) is 39.3 Å². The molecule has 3 nitrogen and oxygen atoms in total. The molecule has 0 bridgehead atoms. The number of benzene rings is 1. The molecule has 0 aliphatic rings. The van der Waals surface area contributed by atoms with E-state index in [1.165, 1.54) is 11.1 Å². The third kappa shape index (κ3) is 4.94. The Morgan fingerprint density at radius 3 is 2.42 bits per heavy atom. The van der Waals surface area contributed by atoms with E-state index in [2.05, 4.69) is 43.0 Å². The molecular weight excluding hydrogens is 236 g/mol. The maximum absolute atomic E-state index is 6.02. The molecule has 1 atom stereocenters. The van der Waals surface area contributed by atoms with Crippen molar-refractivity contribution in [2.24, 2.45) is 5.73 Å². The number of hydrogen-bond acceptors (Lipinski definition) is 3. The van der Waals surface area contributed by atoms with E-state index in [-0.39, 0.29) is 0 Å². The average Bonchev–Trinajstić information content (AvgIpc) is 2.41. The Morgan fingerprint density at radius 1 is 1.21 bits per heavy atom. The van der Waals surface area contributed by atoms with E-state index < -0.39 is 0 Å². The minimum absolute atomic E-state index is 0.316. The van der Waals surface area contributed by atoms with E-state index in [1.807, 2.05) is 0 Å². The smallest absolute Gasteiger partial charge is 0.0713 e. The van der Waals surface area contributed by atoms with Crippen LogP contribution in [-0.2, 0) is 11.3 Å². The second kappa shape index (κ2) is 9.08. The number of nitrogens with zero attached hydrogens (tertiary/aromatic N) is 1. The predicted molar refractivity (Wildman–Crippen MR) is 81.1 cm³/mol. The van der Waals surface area contributed by atoms with E-state index in [1.54, 1.807) is 7.11 Å². The zero-order valence-electron chi connectivity index (χ0n) is 12.6. The highest BCUT2D eigenvalue weighted by atomic mass is 16.5. The number of rotatable bonds is 9. The highest BCUT2D eigenvalue weighted by Crippen LogP contribution is 2.21. The van der Waals surface area contributed by atoms with Crippen LogP contribution >= 0.6 is 0 Å². The zero-order chi connectivity index (χ0) is 14.1. The summed E-state index contributed by atoms with van der Waals surface area (Å²) in [5.41, 5.74) is 8.54. The second-order valence-corrected chi connectivity index (χ2v) is 4.97. The van der Waals surface area contributed by atoms with Crippen LogP contribution in [-0.4, -0.2) is 31.6 Å². The zero-order valence-corrected chi connectivity index (χ0v) is 12.6. The molecular formula is C16H28N2O. The summed E-state index contributed by atoms with van der Waals surface area (Å²) in [5.74, 6) is 0. The second-order valence-electron chi connectivity index (χ2n) is 4.97. The third-order valence-electron chi connectivity index (χ3n) is 3.33. The van der Waals surface area contributed by atoms with Crippen molar-refractivity contribution >= 4 is 0 Å². The summed E-state index contributed by atoms with van der Waals surface area (Å²) in [6, 6.07) is 8.91. The van der Waals surface area contributed by atoms with Gasteiger partial charge in [-0.05, 0) is 37.1 Å². The van der Waals surface area contributed by atoms with Gasteiger partial charge in [-0.3, -0.25) is 4.90 Å². The van der Waals surface area contributed by atoms with Gasteiger partial charge in [-0.15, -0.1) is 0 Å². The molecule has 0 radical (unpaired) electrons. The Bertz CT molecular complexity index is 348. The van der Waals surface area contributed by atoms with Gasteiger partial charge < -0.3 is 10.5 Å². The van der Waals surface area contributed by atoms with Crippen LogP contribution in [0.1, 0.15) is 43.9 Å². The Labute approximate surface area is 117 Å². The molecule has 0 saturated heterocycles. The summed E-state index contributed by atoms with van der Waals surface area (Å²) in [5, 5.41) is 0. The largest absolute Gasteiger partial charge is 0.380 e. The molecule has 0 fully saturated rings. The highest BCUT2D eigenvalue weighted by molar-refractivity contribution is 5.26. The van der Waals surface area contributed by atoms with Gasteiger partial charge in [0.15, 0.2) is 0 Å². The fourth-order valence-electron chi connectivity index (χ4n) is 2.55. The van der Waals surface area contributed by atoms with Crippen molar-refractivity contribution in [1.82, 2.24) is 4.90 Å². The lowest BCUT2D eigenvalue weighted by Crippen LogP contribution is -2.35. The average molecular weight is 264 g/mol. The maximum atomic E-state index is 6.02. The van der Waals surface area contributed by atoms with Gasteiger partial charge >= 0.3 is 0 Å². The van der Waals surface area contributed by atoms with Crippen molar-refractivity contribution in [2.75, 3.05) is 26.7 Å². The van der Waals surface area contributed by atoms with Crippen LogP contribution in [0.2, 0.25) is 0 Å². The molecule has 0 aromatic heterocycles. The van der Waals surface area contributed by atoms with Crippen molar-refractivity contribution in [3.8, 4) is 0 Å². The molecule has 108 valence electrons. The van der Waals surface area contributed by atoms with E-state index >= 15 is 0 Å². The SMILES string of the molecule is CCCN(CCC)C(CN)c1cccc(COC)c1. The van der Waals surface area contributed by atoms with Crippen LogP contribution in [0.4, 0.5) is 0 Å². The molecule has 19 heavy (non-hydrogen) atoms. The summed E-state index contributed by atoms with van der Waals surface area (Å²) < 4.78 is 5.21. The van der Waals surface area contributed by atoms with Gasteiger partial charge in [-0.1, -0.05) is 38.1 Å². The van der Waals surface area contributed by atoms with Crippen LogP contribution in [0.3, 0.4) is 0 Å². The minimum Gasteiger partial charge on any atom is -0.380 e. The quantitative estimate of drug-likeness (QED) is 0.745. The summed E-state index contributed by atoms with van der Waals surface area (Å²) >= 11 is 0. The molecule has 1 aromatic rings. The number of methoxy groups -OCH3 is 1. The minimum atomic E-state index is 0.316. The Hall–Kier alpha value is -0.900. The first-order chi connectivity index (χ1) is 9.26. The fraction of sp³-hybridized carbons (Fsp3) is 0.625. The fourth-order valence-corrected chi connectivity index (χ4v) is 2.55. The highest BCUT2D eigenvalue weighted by Gasteiger charge is 2.17. The standard InChI is InChI=1S/C16H28N2O/c1-4-9-18(10-5-2)16(12-17)15-8-6-7-14(11-15)13-19-3/h6-8,11,16H,4-5,9-10,12-13,17H2,1-3H3. The predicted octanol–water partition coefficient (Wildman–Crippen LogP) is 2.95. The molecule has 0 heterocycles. The Kier molecular flexibility index (Phi) is 7.72. The molecule has 1 rings (SSSR count). The van der Waals surface area contributed by atoms with Gasteiger partial charge in [-0.25, -0.2) is 0 Å². The summed E-state index contributed by atoms with van der Waals surface area (Å²) in [6.45, 7) is 7.96. The molecule has 0 amide bonds. The normalized spacial score (nSPS) is 12.9. The number of nitrogens with two attached hydrogens (primary N) is 1. The van der Waals surface area contributed by atoms with Gasteiger partial charge in [0.2, 0.25) is 0 Å². The topological polar surface area (TPSA) is 38.5 Å². The Morgan fingerprint density at radius 2 is 1.89 bits per heavy atom. The van der Waals surface area contributed by atoms with E-state index in [0.717, 1.165) is 25.9 Å². The first-order valence-electron chi connectivity index (χ1n) is 7.28. The van der Waals surface area contributed by atoms with E-state index in [0.29, 0.717) is 19.2 Å². The van der Waals surface area contributed by atoms with Crippen LogP contribution < -0.4 is 5.73 Å². The molecule has 1 unspecified atom stereocenters. The summed E-state index contributed by atoms with van der Waals surface area (Å²) in [7, 11) is 1.73. The van der Waals surface area contributed by atoms with Gasteiger partial charge in [0.05, 0.1) is 6.61 Å². The number of ether oxygens (including phenoxy) is 1. The Balaban J connectivity index is 2.89. The summed E-state index contributed by atoms with van der Waals surface area (Å²) in [6.07, 6.45) is 2.32. The van der Waals surface area contributed by atoms with Gasteiger partial charge in [0.25, 0.3) is 0 Å². The molecule has 3 heteroatoms. The van der Waals surface area contributed by atoms with Gasteiger partial charge in [0.1, 0.15) is 0 Å². The van der Waals surface area contributed by atoms with Crippen molar-refractivity contribution < 1.29 is 4.74 Å². The molecule has 2 N–H and O–H groups in total. The van der Waals surface area contributed by atoms with Crippen LogP contribution in [0.5, 0.6) is 0 Å². The lowest BCUT2D eigenvalue weighted by molar-refractivity contribution is 0.183. The first kappa shape index (κ1) is 16.2. The molecule has 1 aromatic carbocycles. The first-order valence-corrected chi connectivity index (χ1v) is 7.28. The van der Waals surface area contributed by atoms with Crippen molar-refractivity contribution in [3.05, 3.63) is 35.4 Å². The van der Waals surface area contributed by atoms with Crippen LogP contribution in [0.15, 0.2) is 24.3 Å². The van der Waals surface area contributed by atoms with Crippen molar-refractivity contribution in [1.29, 1.82) is 0 Å². The molecule has 0 spiro atoms. The van der Waals surface area contributed by atoms with Gasteiger partial charge in [-0.2, -0.15) is 0 Å². The van der Waals surface area contributed by atoms with Crippen molar-refractivity contribution in [3.63, 3.8) is 0 Å². The van der Waals surface area contributed by atoms with Crippen LogP contribution in [0, 0.1) is 0 Å². The van der Waals surface area contributed by atoms with E-state index in [4.69, 9.17) is 10.5 Å². The number of hydrogen-bond donors (Lipinski definition) is 1. The lowest BCUT2D eigenvalue weighted by Gasteiger charge is -2.31. The lowest BCUT2D eigenvalue weighted by atomic mass is 10.0. The monoisotopic (exact) mass is 264 g/mol. The van der Waals surface area contributed by atoms with E-state index in [9.17, 15) is 0 Å². The third-order valence-corrected chi connectivity index (χ3v) is 3.33. The van der Waals surface area contributed by atoms with Crippen LogP contribution in [0.25, 0.3) is 0 Å². The molecule has 0 aliphatic carbocycles. The molecule has 0 aliphatic heterocycles.